The van der Waals surface area contributed by atoms with Crippen molar-refractivity contribution in [3.63, 3.8) is 0 Å². The fourth-order valence-corrected chi connectivity index (χ4v) is 8.40. The van der Waals surface area contributed by atoms with Crippen LogP contribution in [0.1, 0.15) is 72.9 Å². The standard InChI is InChI=1S/C31H37ClN2O4S/c1-21-6-3-2-4-15-39(36,37)33-30(35)23-9-13-29-28(17-23)34(18-24-8-11-26(21)24)19-31(20-38-29)14-5-7-22-16-25(32)10-12-27(22)31/h9-10,12-13,16-17,24,26H,1-8,11,14-15,18-20H2,(H,33,35)/t24-,26-,31-/m0/s1. The van der Waals surface area contributed by atoms with Gasteiger partial charge < -0.3 is 9.64 Å². The van der Waals surface area contributed by atoms with Crippen LogP contribution in [0.4, 0.5) is 5.69 Å². The van der Waals surface area contributed by atoms with E-state index in [1.165, 1.54) is 16.7 Å². The minimum Gasteiger partial charge on any atom is -0.490 e. The molecule has 8 heteroatoms. The van der Waals surface area contributed by atoms with Gasteiger partial charge in [-0.2, -0.15) is 0 Å². The van der Waals surface area contributed by atoms with Gasteiger partial charge in [0.1, 0.15) is 5.75 Å². The minimum atomic E-state index is -3.71. The summed E-state index contributed by atoms with van der Waals surface area (Å²) in [5.74, 6) is 1.08. The van der Waals surface area contributed by atoms with Gasteiger partial charge in [-0.15, -0.1) is 0 Å². The first-order valence-electron chi connectivity index (χ1n) is 14.3. The van der Waals surface area contributed by atoms with Gasteiger partial charge in [0, 0.05) is 29.1 Å². The molecule has 1 amide bonds. The number of halogens is 1. The molecule has 0 aromatic heterocycles. The highest BCUT2D eigenvalue weighted by Gasteiger charge is 2.43. The molecule has 1 N–H and O–H groups in total. The number of fused-ring (bicyclic) bond motifs is 4. The second-order valence-electron chi connectivity index (χ2n) is 11.9. The zero-order valence-corrected chi connectivity index (χ0v) is 24.0. The van der Waals surface area contributed by atoms with E-state index in [1.54, 1.807) is 6.07 Å². The molecule has 3 atom stereocenters. The number of benzene rings is 2. The van der Waals surface area contributed by atoms with Gasteiger partial charge in [0.2, 0.25) is 10.0 Å². The molecule has 1 saturated carbocycles. The topological polar surface area (TPSA) is 75.7 Å². The van der Waals surface area contributed by atoms with Crippen LogP contribution in [0.15, 0.2) is 48.6 Å². The number of hydrogen-bond acceptors (Lipinski definition) is 5. The van der Waals surface area contributed by atoms with Crippen molar-refractivity contribution in [2.24, 2.45) is 11.8 Å². The van der Waals surface area contributed by atoms with Crippen LogP contribution in [0, 0.1) is 11.8 Å². The molecule has 0 radical (unpaired) electrons. The van der Waals surface area contributed by atoms with Crippen LogP contribution >= 0.6 is 11.6 Å². The van der Waals surface area contributed by atoms with Gasteiger partial charge >= 0.3 is 0 Å². The molecule has 2 aliphatic heterocycles. The quantitative estimate of drug-likeness (QED) is 0.393. The Morgan fingerprint density at radius 3 is 2.74 bits per heavy atom. The van der Waals surface area contributed by atoms with Crippen LogP contribution in [-0.2, 0) is 21.9 Å². The summed E-state index contributed by atoms with van der Waals surface area (Å²) in [6.45, 7) is 6.63. The third-order valence-corrected chi connectivity index (χ3v) is 10.9. The van der Waals surface area contributed by atoms with Gasteiger partial charge in [-0.1, -0.05) is 36.2 Å². The summed E-state index contributed by atoms with van der Waals surface area (Å²) >= 11 is 6.38. The third kappa shape index (κ3) is 5.32. The second kappa shape index (κ2) is 10.5. The Bertz CT molecular complexity index is 1410. The number of nitrogens with one attached hydrogen (secondary N) is 1. The number of nitrogens with zero attached hydrogens (tertiary/aromatic N) is 1. The number of sulfonamides is 1. The van der Waals surface area contributed by atoms with Crippen molar-refractivity contribution in [1.29, 1.82) is 0 Å². The van der Waals surface area contributed by atoms with Crippen LogP contribution in [-0.4, -0.2) is 39.8 Å². The Balaban J connectivity index is 1.41. The number of hydrogen-bond donors (Lipinski definition) is 1. The highest BCUT2D eigenvalue weighted by atomic mass is 35.5. The van der Waals surface area contributed by atoms with E-state index < -0.39 is 15.9 Å². The van der Waals surface area contributed by atoms with Crippen molar-refractivity contribution < 1.29 is 17.9 Å². The van der Waals surface area contributed by atoms with Crippen molar-refractivity contribution in [2.45, 2.75) is 63.2 Å². The lowest BCUT2D eigenvalue weighted by Crippen LogP contribution is -2.48. The summed E-state index contributed by atoms with van der Waals surface area (Å²) in [5, 5.41) is 0.759. The lowest BCUT2D eigenvalue weighted by atomic mass is 9.67. The zero-order valence-electron chi connectivity index (χ0n) is 22.4. The minimum absolute atomic E-state index is 0.0522. The Morgan fingerprint density at radius 1 is 1.05 bits per heavy atom. The van der Waals surface area contributed by atoms with Crippen LogP contribution in [0.25, 0.3) is 0 Å². The largest absolute Gasteiger partial charge is 0.490 e. The molecule has 2 aromatic rings. The molecule has 1 fully saturated rings. The molecule has 2 aliphatic carbocycles. The Kier molecular flexibility index (Phi) is 7.17. The number of carbonyl (C=O) groups is 1. The van der Waals surface area contributed by atoms with E-state index in [0.717, 1.165) is 80.9 Å². The summed E-state index contributed by atoms with van der Waals surface area (Å²) in [6, 6.07) is 11.6. The number of ether oxygens (including phenoxy) is 1. The highest BCUT2D eigenvalue weighted by Crippen LogP contribution is 2.47. The predicted molar refractivity (Wildman–Crippen MR) is 155 cm³/mol. The first kappa shape index (κ1) is 26.7. The molecule has 1 spiro atoms. The van der Waals surface area contributed by atoms with E-state index in [2.05, 4.69) is 28.3 Å². The molecule has 2 aromatic carbocycles. The smallest absolute Gasteiger partial charge is 0.264 e. The van der Waals surface area contributed by atoms with Gasteiger partial charge in [-0.3, -0.25) is 4.79 Å². The highest BCUT2D eigenvalue weighted by molar-refractivity contribution is 7.90. The van der Waals surface area contributed by atoms with Crippen LogP contribution in [0.2, 0.25) is 5.02 Å². The number of carbonyl (C=O) groups excluding carboxylic acids is 1. The number of anilines is 1. The van der Waals surface area contributed by atoms with Gasteiger partial charge in [-0.25, -0.2) is 13.1 Å². The second-order valence-corrected chi connectivity index (χ2v) is 14.2. The van der Waals surface area contributed by atoms with Crippen molar-refractivity contribution in [2.75, 3.05) is 30.3 Å². The first-order valence-corrected chi connectivity index (χ1v) is 16.3. The van der Waals surface area contributed by atoms with Gasteiger partial charge in [0.15, 0.2) is 0 Å². The summed E-state index contributed by atoms with van der Waals surface area (Å²) in [4.78, 5) is 15.5. The summed E-state index contributed by atoms with van der Waals surface area (Å²) in [7, 11) is -3.71. The third-order valence-electron chi connectivity index (χ3n) is 9.36. The molecular formula is C31H37ClN2O4S. The fourth-order valence-electron chi connectivity index (χ4n) is 7.12. The van der Waals surface area contributed by atoms with Crippen molar-refractivity contribution in [3.8, 4) is 5.75 Å². The SMILES string of the molecule is C=C1CCCCCS(=O)(=O)NC(=O)c2ccc3c(c2)N(C[C@@H]2CC[C@@H]12)C[C@@]1(CCCc2cc(Cl)ccc21)CO3. The molecule has 0 unspecified atom stereocenters. The molecule has 0 saturated heterocycles. The number of allylic oxidation sites excluding steroid dienone is 1. The lowest BCUT2D eigenvalue weighted by molar-refractivity contribution is 0.0981. The summed E-state index contributed by atoms with van der Waals surface area (Å²) in [5.41, 5.74) is 4.89. The molecule has 39 heavy (non-hydrogen) atoms. The predicted octanol–water partition coefficient (Wildman–Crippen LogP) is 6.03. The maximum absolute atomic E-state index is 13.1. The van der Waals surface area contributed by atoms with E-state index in [0.29, 0.717) is 30.4 Å². The number of amides is 1. The Morgan fingerprint density at radius 2 is 1.92 bits per heavy atom. The van der Waals surface area contributed by atoms with E-state index in [1.807, 2.05) is 18.2 Å². The number of aryl methyl sites for hydroxylation is 1. The monoisotopic (exact) mass is 568 g/mol. The molecular weight excluding hydrogens is 532 g/mol. The van der Waals surface area contributed by atoms with Crippen LogP contribution < -0.4 is 14.4 Å². The lowest BCUT2D eigenvalue weighted by Gasteiger charge is -2.45. The Labute approximate surface area is 236 Å². The van der Waals surface area contributed by atoms with Crippen molar-refractivity contribution >= 4 is 33.2 Å². The molecule has 208 valence electrons. The molecule has 6 rings (SSSR count). The van der Waals surface area contributed by atoms with Crippen molar-refractivity contribution in [1.82, 2.24) is 4.72 Å². The average molecular weight is 569 g/mol. The van der Waals surface area contributed by atoms with Gasteiger partial charge in [0.25, 0.3) is 5.91 Å². The average Bonchev–Trinajstić information content (AvgIpc) is 3.02. The van der Waals surface area contributed by atoms with Gasteiger partial charge in [0.05, 0.1) is 18.0 Å². The Hall–Kier alpha value is -2.51. The summed E-state index contributed by atoms with van der Waals surface area (Å²) in [6.07, 6.45) is 8.59. The van der Waals surface area contributed by atoms with Crippen LogP contribution in [0.5, 0.6) is 5.75 Å². The number of rotatable bonds is 0. The van der Waals surface area contributed by atoms with Crippen molar-refractivity contribution in [3.05, 3.63) is 70.3 Å². The van der Waals surface area contributed by atoms with E-state index in [9.17, 15) is 13.2 Å². The van der Waals surface area contributed by atoms with Crippen LogP contribution in [0.3, 0.4) is 0 Å². The van der Waals surface area contributed by atoms with E-state index in [-0.39, 0.29) is 11.2 Å². The molecule has 2 heterocycles. The molecule has 4 aliphatic rings. The maximum Gasteiger partial charge on any atom is 0.264 e. The fraction of sp³-hybridized carbons (Fsp3) is 0.516. The maximum atomic E-state index is 13.1. The normalized spacial score (nSPS) is 28.8. The van der Waals surface area contributed by atoms with Gasteiger partial charge in [-0.05, 0) is 105 Å². The summed E-state index contributed by atoms with van der Waals surface area (Å²) < 4.78 is 34.1. The van der Waals surface area contributed by atoms with E-state index in [4.69, 9.17) is 16.3 Å². The molecule has 2 bridgehead atoms. The molecule has 6 nitrogen and oxygen atoms in total. The zero-order chi connectivity index (χ0) is 27.2. The van der Waals surface area contributed by atoms with E-state index >= 15 is 0 Å². The first-order chi connectivity index (χ1) is 18.7.